The molecule has 0 saturated carbocycles. The summed E-state index contributed by atoms with van der Waals surface area (Å²) in [7, 11) is 2.27. The number of fused-ring (bicyclic) bond motifs is 1. The minimum atomic E-state index is -1.87. The number of nitrogens with zero attached hydrogens (tertiary/aromatic N) is 1. The van der Waals surface area contributed by atoms with Crippen LogP contribution in [-0.2, 0) is 38.2 Å². The Morgan fingerprint density at radius 3 is 2.19 bits per heavy atom. The van der Waals surface area contributed by atoms with Crippen molar-refractivity contribution in [2.75, 3.05) is 20.8 Å². The molecule has 2 unspecified atom stereocenters. The maximum atomic E-state index is 12.8. The topological polar surface area (TPSA) is 128 Å². The third kappa shape index (κ3) is 5.81. The highest BCUT2D eigenvalue weighted by molar-refractivity contribution is 8.00. The van der Waals surface area contributed by atoms with E-state index in [2.05, 4.69) is 5.32 Å². The first kappa shape index (κ1) is 26.6. The number of halogens is 3. The van der Waals surface area contributed by atoms with Crippen molar-refractivity contribution in [3.05, 3.63) is 11.3 Å². The van der Waals surface area contributed by atoms with E-state index in [1.807, 2.05) is 0 Å². The van der Waals surface area contributed by atoms with Crippen LogP contribution in [0.4, 0.5) is 0 Å². The zero-order valence-electron chi connectivity index (χ0n) is 17.5. The van der Waals surface area contributed by atoms with Gasteiger partial charge in [0, 0.05) is 12.2 Å². The van der Waals surface area contributed by atoms with Gasteiger partial charge in [0.2, 0.25) is 9.70 Å². The number of hydrogen-bond donors (Lipinski definition) is 1. The van der Waals surface area contributed by atoms with Gasteiger partial charge in [-0.25, -0.2) is 4.79 Å². The van der Waals surface area contributed by atoms with Crippen LogP contribution in [0.1, 0.15) is 20.3 Å². The number of esters is 3. The van der Waals surface area contributed by atoms with Gasteiger partial charge in [0.15, 0.2) is 5.92 Å². The van der Waals surface area contributed by atoms with Gasteiger partial charge in [-0.15, -0.1) is 11.8 Å². The fourth-order valence-electron chi connectivity index (χ4n) is 3.30. The lowest BCUT2D eigenvalue weighted by Crippen LogP contribution is -2.71. The molecule has 2 aliphatic rings. The van der Waals surface area contributed by atoms with Crippen LogP contribution in [0.15, 0.2) is 11.3 Å². The molecule has 2 rings (SSSR count). The Hall–Kier alpha value is -1.69. The summed E-state index contributed by atoms with van der Waals surface area (Å²) in [5.41, 5.74) is 0.265. The lowest BCUT2D eigenvalue weighted by atomic mass is 9.95. The molecule has 0 aromatic heterocycles. The molecule has 1 fully saturated rings. The number of amides is 2. The van der Waals surface area contributed by atoms with Crippen molar-refractivity contribution in [1.29, 1.82) is 0 Å². The van der Waals surface area contributed by atoms with Gasteiger partial charge >= 0.3 is 17.9 Å². The van der Waals surface area contributed by atoms with Gasteiger partial charge < -0.3 is 19.5 Å². The number of nitrogens with one attached hydrogen (secondary N) is 1. The quantitative estimate of drug-likeness (QED) is 0.170. The van der Waals surface area contributed by atoms with Gasteiger partial charge in [-0.2, -0.15) is 0 Å². The number of β-lactam (4-membered cyclic amide) rings is 1. The van der Waals surface area contributed by atoms with Crippen LogP contribution in [0.3, 0.4) is 0 Å². The fraction of sp³-hybridized carbons (Fsp3) is 0.611. The Kier molecular flexibility index (Phi) is 8.71. The zero-order valence-corrected chi connectivity index (χ0v) is 20.6. The van der Waals surface area contributed by atoms with Crippen molar-refractivity contribution >= 4 is 76.3 Å². The van der Waals surface area contributed by atoms with Crippen LogP contribution >= 0.6 is 46.6 Å². The van der Waals surface area contributed by atoms with Gasteiger partial charge in [-0.05, 0) is 18.9 Å². The molecule has 0 aromatic carbocycles. The molecule has 0 spiro atoms. The number of carbonyl (C=O) groups excluding carboxylic acids is 5. The molecule has 1 N–H and O–H groups in total. The molecule has 14 heteroatoms. The predicted octanol–water partition coefficient (Wildman–Crippen LogP) is 1.31. The first-order valence-corrected chi connectivity index (χ1v) is 11.3. The number of thioether (sulfide) groups is 1. The van der Waals surface area contributed by atoms with E-state index in [9.17, 15) is 24.0 Å². The van der Waals surface area contributed by atoms with Crippen LogP contribution in [0.2, 0.25) is 0 Å². The molecule has 32 heavy (non-hydrogen) atoms. The van der Waals surface area contributed by atoms with Crippen LogP contribution in [0.25, 0.3) is 0 Å². The lowest BCUT2D eigenvalue weighted by Gasteiger charge is -2.51. The highest BCUT2D eigenvalue weighted by atomic mass is 35.6. The van der Waals surface area contributed by atoms with E-state index in [1.54, 1.807) is 6.92 Å². The smallest absolute Gasteiger partial charge is 0.355 e. The first-order chi connectivity index (χ1) is 14.8. The van der Waals surface area contributed by atoms with Gasteiger partial charge in [-0.3, -0.25) is 24.1 Å². The van der Waals surface area contributed by atoms with E-state index in [0.717, 1.165) is 14.2 Å². The molecule has 0 aliphatic carbocycles. The standard InChI is InChI=1S/C18H21Cl3N2O8S/c1-7-10(5-9(15(26)29-3)16(27)30-4)32-14-11(22-8(2)24)13(25)23(14)12(7)17(28)31-6-18(19,20)21/h9-11,14H,5-6H2,1-4H3,(H,22,24)/t10?,11?,14-/m1/s1. The number of rotatable bonds is 7. The second-order valence-corrected chi connectivity index (χ2v) is 10.8. The van der Waals surface area contributed by atoms with E-state index in [0.29, 0.717) is 5.57 Å². The van der Waals surface area contributed by atoms with Crippen LogP contribution in [0, 0.1) is 5.92 Å². The van der Waals surface area contributed by atoms with Crippen molar-refractivity contribution in [2.24, 2.45) is 5.92 Å². The van der Waals surface area contributed by atoms with Crippen molar-refractivity contribution in [2.45, 2.75) is 40.7 Å². The molecule has 2 amide bonds. The van der Waals surface area contributed by atoms with E-state index in [1.165, 1.54) is 23.6 Å². The Labute approximate surface area is 203 Å². The van der Waals surface area contributed by atoms with E-state index < -0.39 is 62.7 Å². The van der Waals surface area contributed by atoms with Crippen molar-refractivity contribution < 1.29 is 38.2 Å². The number of alkyl halides is 3. The Bertz CT molecular complexity index is 844. The normalized spacial score (nSPS) is 22.7. The van der Waals surface area contributed by atoms with E-state index >= 15 is 0 Å². The Balaban J connectivity index is 2.41. The molecule has 0 bridgehead atoms. The Morgan fingerprint density at radius 2 is 1.72 bits per heavy atom. The predicted molar refractivity (Wildman–Crippen MR) is 116 cm³/mol. The maximum absolute atomic E-state index is 12.8. The molecule has 3 atom stereocenters. The summed E-state index contributed by atoms with van der Waals surface area (Å²) >= 11 is 18.1. The van der Waals surface area contributed by atoms with E-state index in [4.69, 9.17) is 49.0 Å². The minimum absolute atomic E-state index is 0.0809. The summed E-state index contributed by atoms with van der Waals surface area (Å²) in [6.07, 6.45) is -0.0809. The number of ether oxygens (including phenoxy) is 3. The minimum Gasteiger partial charge on any atom is -0.468 e. The highest BCUT2D eigenvalue weighted by Gasteiger charge is 2.56. The van der Waals surface area contributed by atoms with Gasteiger partial charge in [0.1, 0.15) is 23.7 Å². The second kappa shape index (κ2) is 10.5. The van der Waals surface area contributed by atoms with Gasteiger partial charge in [-0.1, -0.05) is 34.8 Å². The molecule has 0 aromatic rings. The van der Waals surface area contributed by atoms with E-state index in [-0.39, 0.29) is 12.1 Å². The van der Waals surface area contributed by atoms with Crippen molar-refractivity contribution in [3.8, 4) is 0 Å². The van der Waals surface area contributed by atoms with Crippen LogP contribution in [0.5, 0.6) is 0 Å². The summed E-state index contributed by atoms with van der Waals surface area (Å²) in [4.78, 5) is 62.4. The first-order valence-electron chi connectivity index (χ1n) is 9.18. The summed E-state index contributed by atoms with van der Waals surface area (Å²) < 4.78 is 12.6. The summed E-state index contributed by atoms with van der Waals surface area (Å²) in [6.45, 7) is 2.24. The Morgan fingerprint density at radius 1 is 1.16 bits per heavy atom. The lowest BCUT2D eigenvalue weighted by molar-refractivity contribution is -0.159. The fourth-order valence-corrected chi connectivity index (χ4v) is 5.09. The van der Waals surface area contributed by atoms with Crippen molar-refractivity contribution in [1.82, 2.24) is 10.2 Å². The molecule has 1 saturated heterocycles. The molecule has 178 valence electrons. The average molecular weight is 532 g/mol. The molecule has 10 nitrogen and oxygen atoms in total. The van der Waals surface area contributed by atoms with Gasteiger partial charge in [0.25, 0.3) is 5.91 Å². The van der Waals surface area contributed by atoms with Crippen LogP contribution in [-0.4, -0.2) is 75.9 Å². The third-order valence-corrected chi connectivity index (χ3v) is 6.75. The zero-order chi connectivity index (χ0) is 24.4. The number of carbonyl (C=O) groups is 5. The monoisotopic (exact) mass is 530 g/mol. The third-order valence-electron chi connectivity index (χ3n) is 4.78. The molecule has 2 heterocycles. The summed E-state index contributed by atoms with van der Waals surface area (Å²) in [5.74, 6) is -4.77. The summed E-state index contributed by atoms with van der Waals surface area (Å²) in [5, 5.41) is 1.26. The number of hydrogen-bond acceptors (Lipinski definition) is 9. The highest BCUT2D eigenvalue weighted by Crippen LogP contribution is 2.46. The molecule has 0 radical (unpaired) electrons. The summed E-state index contributed by atoms with van der Waals surface area (Å²) in [6, 6.07) is -0.904. The molecule has 2 aliphatic heterocycles. The average Bonchev–Trinajstić information content (AvgIpc) is 2.72. The van der Waals surface area contributed by atoms with Crippen LogP contribution < -0.4 is 5.32 Å². The maximum Gasteiger partial charge on any atom is 0.355 e. The second-order valence-electron chi connectivity index (χ2n) is 6.96. The SMILES string of the molecule is COC(=O)C(CC1S[C@@H]2C(NC(C)=O)C(=O)N2C(C(=O)OCC(Cl)(Cl)Cl)=C1C)C(=O)OC. The largest absolute Gasteiger partial charge is 0.468 e. The van der Waals surface area contributed by atoms with Gasteiger partial charge in [0.05, 0.1) is 14.2 Å². The number of methoxy groups -OCH3 is 2. The molecular formula is C18H21Cl3N2O8S. The molecular weight excluding hydrogens is 511 g/mol. The van der Waals surface area contributed by atoms with Crippen molar-refractivity contribution in [3.63, 3.8) is 0 Å².